The van der Waals surface area contributed by atoms with E-state index in [1.807, 2.05) is 4.90 Å². The van der Waals surface area contributed by atoms with E-state index in [9.17, 15) is 14.4 Å². The Morgan fingerprint density at radius 2 is 1.68 bits per heavy atom. The number of nitrogens with zero attached hydrogens (tertiary/aromatic N) is 2. The molecule has 1 aliphatic rings. The van der Waals surface area contributed by atoms with E-state index >= 15 is 0 Å². The van der Waals surface area contributed by atoms with Crippen LogP contribution in [0.2, 0.25) is 5.02 Å². The molecule has 1 fully saturated rings. The van der Waals surface area contributed by atoms with Gasteiger partial charge in [-0.25, -0.2) is 9.36 Å². The van der Waals surface area contributed by atoms with Gasteiger partial charge in [0.05, 0.1) is 21.6 Å². The van der Waals surface area contributed by atoms with Crippen LogP contribution in [0.1, 0.15) is 36.0 Å². The summed E-state index contributed by atoms with van der Waals surface area (Å²) in [7, 11) is 0. The first-order valence-corrected chi connectivity index (χ1v) is 9.77. The molecule has 0 saturated carbocycles. The molecule has 1 aromatic heterocycles. The van der Waals surface area contributed by atoms with Crippen molar-refractivity contribution < 1.29 is 4.79 Å². The van der Waals surface area contributed by atoms with Crippen LogP contribution in [0.25, 0.3) is 16.6 Å². The van der Waals surface area contributed by atoms with Gasteiger partial charge in [0.2, 0.25) is 0 Å². The third-order valence-corrected chi connectivity index (χ3v) is 5.45. The second-order valence-electron chi connectivity index (χ2n) is 6.99. The molecular formula is C21H20ClN3O3. The molecule has 0 radical (unpaired) electrons. The molecule has 0 atom stereocenters. The lowest BCUT2D eigenvalue weighted by atomic mass is 10.1. The van der Waals surface area contributed by atoms with Gasteiger partial charge in [-0.05, 0) is 43.2 Å². The van der Waals surface area contributed by atoms with Gasteiger partial charge in [-0.3, -0.25) is 9.59 Å². The minimum Gasteiger partial charge on any atom is -0.339 e. The van der Waals surface area contributed by atoms with Crippen molar-refractivity contribution in [3.8, 4) is 5.69 Å². The average Bonchev–Trinajstić information content (AvgIpc) is 2.98. The Kier molecular flexibility index (Phi) is 5.05. The smallest absolute Gasteiger partial charge is 0.333 e. The summed E-state index contributed by atoms with van der Waals surface area (Å²) in [5.74, 6) is -0.106. The number of hydrogen-bond donors (Lipinski definition) is 1. The highest BCUT2D eigenvalue weighted by molar-refractivity contribution is 6.32. The monoisotopic (exact) mass is 397 g/mol. The van der Waals surface area contributed by atoms with Crippen LogP contribution in [-0.4, -0.2) is 33.4 Å². The quantitative estimate of drug-likeness (QED) is 0.720. The second-order valence-corrected chi connectivity index (χ2v) is 7.40. The van der Waals surface area contributed by atoms with E-state index < -0.39 is 11.2 Å². The average molecular weight is 398 g/mol. The van der Waals surface area contributed by atoms with Crippen LogP contribution in [0.5, 0.6) is 0 Å². The summed E-state index contributed by atoms with van der Waals surface area (Å²) >= 11 is 6.31. The van der Waals surface area contributed by atoms with Crippen LogP contribution in [0.15, 0.2) is 52.1 Å². The van der Waals surface area contributed by atoms with Gasteiger partial charge in [0.15, 0.2) is 0 Å². The number of likely N-dealkylation sites (tertiary alicyclic amines) is 1. The predicted octanol–water partition coefficient (Wildman–Crippen LogP) is 3.35. The molecule has 2 aromatic carbocycles. The summed E-state index contributed by atoms with van der Waals surface area (Å²) in [6.07, 6.45) is 4.21. The number of rotatable bonds is 2. The molecule has 0 aliphatic carbocycles. The van der Waals surface area contributed by atoms with Crippen LogP contribution < -0.4 is 11.2 Å². The molecule has 0 spiro atoms. The van der Waals surface area contributed by atoms with Crippen molar-refractivity contribution >= 4 is 28.4 Å². The largest absolute Gasteiger partial charge is 0.339 e. The Morgan fingerprint density at radius 3 is 2.43 bits per heavy atom. The fraction of sp³-hybridized carbons (Fsp3) is 0.286. The number of aromatic nitrogens is 2. The lowest BCUT2D eigenvalue weighted by Crippen LogP contribution is -2.34. The van der Waals surface area contributed by atoms with Crippen molar-refractivity contribution in [2.45, 2.75) is 25.7 Å². The fourth-order valence-corrected chi connectivity index (χ4v) is 3.86. The third-order valence-electron chi connectivity index (χ3n) is 5.13. The Hall–Kier alpha value is -2.86. The molecule has 2 heterocycles. The van der Waals surface area contributed by atoms with Crippen molar-refractivity contribution in [2.24, 2.45) is 0 Å². The number of carbonyl (C=O) groups excluding carboxylic acids is 1. The van der Waals surface area contributed by atoms with Gasteiger partial charge < -0.3 is 9.88 Å². The van der Waals surface area contributed by atoms with Crippen molar-refractivity contribution in [3.05, 3.63) is 73.9 Å². The molecule has 1 amide bonds. The Morgan fingerprint density at radius 1 is 0.964 bits per heavy atom. The maximum atomic E-state index is 12.9. The molecule has 7 heteroatoms. The Labute approximate surface area is 166 Å². The van der Waals surface area contributed by atoms with E-state index in [1.165, 1.54) is 6.07 Å². The summed E-state index contributed by atoms with van der Waals surface area (Å²) < 4.78 is 0.990. The van der Waals surface area contributed by atoms with Crippen LogP contribution >= 0.6 is 11.6 Å². The van der Waals surface area contributed by atoms with E-state index in [1.54, 1.807) is 36.4 Å². The topological polar surface area (TPSA) is 75.2 Å². The molecule has 3 aromatic rings. The Balaban J connectivity index is 1.82. The highest BCUT2D eigenvalue weighted by Crippen LogP contribution is 2.22. The maximum absolute atomic E-state index is 12.9. The molecule has 28 heavy (non-hydrogen) atoms. The van der Waals surface area contributed by atoms with Crippen LogP contribution in [0.4, 0.5) is 0 Å². The van der Waals surface area contributed by atoms with Gasteiger partial charge in [-0.1, -0.05) is 36.6 Å². The molecule has 6 nitrogen and oxygen atoms in total. The normalized spacial score (nSPS) is 14.8. The maximum Gasteiger partial charge on any atom is 0.333 e. The van der Waals surface area contributed by atoms with Crippen molar-refractivity contribution in [1.82, 2.24) is 14.5 Å². The van der Waals surface area contributed by atoms with Crippen molar-refractivity contribution in [3.63, 3.8) is 0 Å². The Bertz CT molecular complexity index is 1160. The molecule has 1 N–H and O–H groups in total. The highest BCUT2D eigenvalue weighted by atomic mass is 35.5. The summed E-state index contributed by atoms with van der Waals surface area (Å²) in [6.45, 7) is 1.43. The number of carbonyl (C=O) groups is 1. The molecule has 0 unspecified atom stereocenters. The zero-order valence-corrected chi connectivity index (χ0v) is 16.0. The molecule has 144 valence electrons. The van der Waals surface area contributed by atoms with Gasteiger partial charge in [-0.15, -0.1) is 0 Å². The van der Waals surface area contributed by atoms with Gasteiger partial charge in [0.25, 0.3) is 11.5 Å². The first kappa shape index (κ1) is 18.5. The molecule has 1 aliphatic heterocycles. The van der Waals surface area contributed by atoms with E-state index in [0.29, 0.717) is 29.6 Å². The van der Waals surface area contributed by atoms with Crippen molar-refractivity contribution in [1.29, 1.82) is 0 Å². The minimum absolute atomic E-state index is 0.106. The minimum atomic E-state index is -0.593. The van der Waals surface area contributed by atoms with Gasteiger partial charge in [0.1, 0.15) is 0 Å². The number of fused-ring (bicyclic) bond motifs is 1. The summed E-state index contributed by atoms with van der Waals surface area (Å²) in [6, 6.07) is 11.5. The lowest BCUT2D eigenvalue weighted by molar-refractivity contribution is 0.0761. The molecule has 4 rings (SSSR count). The van der Waals surface area contributed by atoms with Gasteiger partial charge in [0, 0.05) is 18.7 Å². The van der Waals surface area contributed by atoms with E-state index in [-0.39, 0.29) is 16.6 Å². The number of aromatic amines is 1. The van der Waals surface area contributed by atoms with Crippen LogP contribution in [-0.2, 0) is 0 Å². The SMILES string of the molecule is O=C(c1ccc(Cl)c(-n2c(=O)[nH]c3ccccc3c2=O)c1)N1CCCCCC1. The zero-order chi connectivity index (χ0) is 19.7. The van der Waals surface area contributed by atoms with E-state index in [4.69, 9.17) is 11.6 Å². The van der Waals surface area contributed by atoms with Crippen LogP contribution in [0, 0.1) is 0 Å². The zero-order valence-electron chi connectivity index (χ0n) is 15.3. The lowest BCUT2D eigenvalue weighted by Gasteiger charge is -2.21. The fourth-order valence-electron chi connectivity index (χ4n) is 3.65. The summed E-state index contributed by atoms with van der Waals surface area (Å²) in [5.41, 5.74) is 0.0207. The second kappa shape index (κ2) is 7.64. The first-order chi connectivity index (χ1) is 13.6. The summed E-state index contributed by atoms with van der Waals surface area (Å²) in [5, 5.41) is 0.609. The number of nitrogens with one attached hydrogen (secondary N) is 1. The predicted molar refractivity (Wildman–Crippen MR) is 110 cm³/mol. The van der Waals surface area contributed by atoms with E-state index in [2.05, 4.69) is 4.98 Å². The number of halogens is 1. The summed E-state index contributed by atoms with van der Waals surface area (Å²) in [4.78, 5) is 43.0. The molecular weight excluding hydrogens is 378 g/mol. The van der Waals surface area contributed by atoms with Crippen LogP contribution in [0.3, 0.4) is 0 Å². The van der Waals surface area contributed by atoms with Crippen molar-refractivity contribution in [2.75, 3.05) is 13.1 Å². The number of benzene rings is 2. The molecule has 0 bridgehead atoms. The number of H-pyrrole nitrogens is 1. The first-order valence-electron chi connectivity index (χ1n) is 9.39. The molecule has 1 saturated heterocycles. The highest BCUT2D eigenvalue weighted by Gasteiger charge is 2.20. The standard InChI is InChI=1S/C21H20ClN3O3/c22-16-10-9-14(19(26)24-11-5-1-2-6-12-24)13-18(16)25-20(27)15-7-3-4-8-17(15)23-21(25)28/h3-4,7-10,13H,1-2,5-6,11-12H2,(H,23,28). The van der Waals surface area contributed by atoms with Gasteiger partial charge in [-0.2, -0.15) is 0 Å². The van der Waals surface area contributed by atoms with Gasteiger partial charge >= 0.3 is 5.69 Å². The number of para-hydroxylation sites is 1. The van der Waals surface area contributed by atoms with E-state index in [0.717, 1.165) is 30.3 Å². The third kappa shape index (κ3) is 3.36. The number of amides is 1. The number of hydrogen-bond acceptors (Lipinski definition) is 3.